The van der Waals surface area contributed by atoms with Crippen LogP contribution in [0.2, 0.25) is 0 Å². The van der Waals surface area contributed by atoms with Crippen molar-refractivity contribution in [1.82, 2.24) is 10.5 Å². The zero-order valence-electron chi connectivity index (χ0n) is 14.3. The fourth-order valence-corrected chi connectivity index (χ4v) is 2.21. The van der Waals surface area contributed by atoms with Crippen LogP contribution in [-0.4, -0.2) is 49.4 Å². The van der Waals surface area contributed by atoms with Crippen molar-refractivity contribution in [2.45, 2.75) is 0 Å². The third-order valence-corrected chi connectivity index (χ3v) is 3.56. The minimum absolute atomic E-state index is 0.225. The number of anilines is 1. The molecule has 0 aliphatic rings. The van der Waals surface area contributed by atoms with E-state index in [2.05, 4.69) is 5.10 Å². The maximum atomic E-state index is 12.6. The number of benzene rings is 2. The van der Waals surface area contributed by atoms with Gasteiger partial charge in [0.15, 0.2) is 0 Å². The van der Waals surface area contributed by atoms with Gasteiger partial charge in [-0.3, -0.25) is 14.8 Å². The molecule has 0 radical (unpaired) electrons. The van der Waals surface area contributed by atoms with Gasteiger partial charge in [0, 0.05) is 32.4 Å². The summed E-state index contributed by atoms with van der Waals surface area (Å²) in [7, 11) is 5.33. The monoisotopic (exact) mass is 340 g/mol. The van der Waals surface area contributed by atoms with Crippen molar-refractivity contribution >= 4 is 23.7 Å². The highest BCUT2D eigenvalue weighted by molar-refractivity contribution is 6.00. The van der Waals surface area contributed by atoms with Crippen LogP contribution in [0.4, 0.5) is 5.69 Å². The largest absolute Gasteiger partial charge is 0.377 e. The molecule has 0 spiro atoms. The van der Waals surface area contributed by atoms with Crippen molar-refractivity contribution in [3.63, 3.8) is 0 Å². The lowest BCUT2D eigenvalue weighted by Crippen LogP contribution is -2.24. The first-order valence-corrected chi connectivity index (χ1v) is 7.57. The fourth-order valence-electron chi connectivity index (χ4n) is 2.21. The molecule has 0 saturated heterocycles. The molecule has 0 aromatic heterocycles. The van der Waals surface area contributed by atoms with Crippen LogP contribution in [0.25, 0.3) is 0 Å². The summed E-state index contributed by atoms with van der Waals surface area (Å²) in [6.07, 6.45) is 1.52. The Kier molecular flexibility index (Phi) is 5.86. The number of amides is 2. The number of hydrogen-bond donors (Lipinski definition) is 2. The summed E-state index contributed by atoms with van der Waals surface area (Å²) < 4.78 is 0. The lowest BCUT2D eigenvalue weighted by molar-refractivity contribution is 0.0706. The fraction of sp³-hybridized carbons (Fsp3) is 0.167. The Morgan fingerprint density at radius 3 is 2.28 bits per heavy atom. The van der Waals surface area contributed by atoms with E-state index in [-0.39, 0.29) is 5.91 Å². The van der Waals surface area contributed by atoms with Crippen LogP contribution in [0.1, 0.15) is 26.3 Å². The normalized spacial score (nSPS) is 10.6. The highest BCUT2D eigenvalue weighted by Gasteiger charge is 2.15. The molecule has 25 heavy (non-hydrogen) atoms. The molecule has 2 aromatic carbocycles. The minimum Gasteiger partial charge on any atom is -0.377 e. The number of para-hydroxylation sites is 1. The lowest BCUT2D eigenvalue weighted by atomic mass is 10.1. The van der Waals surface area contributed by atoms with Crippen molar-refractivity contribution in [2.75, 3.05) is 26.0 Å². The highest BCUT2D eigenvalue weighted by Crippen LogP contribution is 2.19. The van der Waals surface area contributed by atoms with Crippen molar-refractivity contribution in [1.29, 1.82) is 0 Å². The third-order valence-electron chi connectivity index (χ3n) is 3.56. The van der Waals surface area contributed by atoms with Gasteiger partial charge in [-0.05, 0) is 29.8 Å². The van der Waals surface area contributed by atoms with Crippen molar-refractivity contribution in [3.8, 4) is 0 Å². The SMILES string of the molecule is CN(N=Cc1ccc(C(=O)NO)cc1)C(=O)c1ccccc1N(C)C. The molecule has 0 unspecified atom stereocenters. The number of hydrogen-bond acceptors (Lipinski definition) is 5. The number of rotatable bonds is 5. The first-order chi connectivity index (χ1) is 11.9. The molecule has 0 atom stereocenters. The lowest BCUT2D eigenvalue weighted by Gasteiger charge is -2.19. The van der Waals surface area contributed by atoms with Crippen LogP contribution < -0.4 is 10.4 Å². The summed E-state index contributed by atoms with van der Waals surface area (Å²) in [6, 6.07) is 13.7. The predicted octanol–water partition coefficient (Wildman–Crippen LogP) is 1.98. The van der Waals surface area contributed by atoms with E-state index in [0.717, 1.165) is 11.3 Å². The number of carbonyl (C=O) groups is 2. The summed E-state index contributed by atoms with van der Waals surface area (Å²) in [5.74, 6) is -0.812. The van der Waals surface area contributed by atoms with E-state index in [0.29, 0.717) is 11.1 Å². The molecular formula is C18H20N4O3. The first-order valence-electron chi connectivity index (χ1n) is 7.57. The van der Waals surface area contributed by atoms with Gasteiger partial charge in [0.05, 0.1) is 11.8 Å². The zero-order valence-corrected chi connectivity index (χ0v) is 14.3. The van der Waals surface area contributed by atoms with Crippen LogP contribution in [0.5, 0.6) is 0 Å². The molecule has 7 heteroatoms. The molecule has 0 heterocycles. The standard InChI is InChI=1S/C18H20N4O3/c1-21(2)16-7-5-4-6-15(16)18(24)22(3)19-12-13-8-10-14(11-9-13)17(23)20-25/h4-12,25H,1-3H3,(H,20,23). The Balaban J connectivity index is 2.13. The zero-order chi connectivity index (χ0) is 18.4. The number of hydroxylamine groups is 1. The Hall–Kier alpha value is -3.19. The molecule has 130 valence electrons. The molecule has 2 amide bonds. The number of nitrogens with zero attached hydrogens (tertiary/aromatic N) is 3. The van der Waals surface area contributed by atoms with E-state index in [1.165, 1.54) is 11.2 Å². The van der Waals surface area contributed by atoms with E-state index in [1.807, 2.05) is 37.2 Å². The molecule has 2 rings (SSSR count). The van der Waals surface area contributed by atoms with Gasteiger partial charge in [0.1, 0.15) is 0 Å². The molecule has 0 aliphatic carbocycles. The van der Waals surface area contributed by atoms with E-state index in [9.17, 15) is 9.59 Å². The number of nitrogens with one attached hydrogen (secondary N) is 1. The number of hydrazone groups is 1. The van der Waals surface area contributed by atoms with Crippen LogP contribution in [-0.2, 0) is 0 Å². The topological polar surface area (TPSA) is 85.2 Å². The van der Waals surface area contributed by atoms with Gasteiger partial charge in [-0.25, -0.2) is 10.5 Å². The van der Waals surface area contributed by atoms with Gasteiger partial charge >= 0.3 is 0 Å². The molecule has 0 aliphatic heterocycles. The second-order valence-electron chi connectivity index (χ2n) is 5.55. The Bertz CT molecular complexity index is 785. The van der Waals surface area contributed by atoms with E-state index >= 15 is 0 Å². The summed E-state index contributed by atoms with van der Waals surface area (Å²) in [5, 5.41) is 14.0. The molecule has 2 N–H and O–H groups in total. The summed E-state index contributed by atoms with van der Waals surface area (Å²) in [6.45, 7) is 0. The predicted molar refractivity (Wildman–Crippen MR) is 96.2 cm³/mol. The van der Waals surface area contributed by atoms with Crippen molar-refractivity contribution < 1.29 is 14.8 Å². The maximum absolute atomic E-state index is 12.6. The van der Waals surface area contributed by atoms with Gasteiger partial charge in [-0.2, -0.15) is 5.10 Å². The average molecular weight is 340 g/mol. The molecular weight excluding hydrogens is 320 g/mol. The summed E-state index contributed by atoms with van der Waals surface area (Å²) in [4.78, 5) is 25.7. The molecule has 0 fully saturated rings. The van der Waals surface area contributed by atoms with E-state index < -0.39 is 5.91 Å². The highest BCUT2D eigenvalue weighted by atomic mass is 16.5. The van der Waals surface area contributed by atoms with Gasteiger partial charge < -0.3 is 4.90 Å². The third kappa shape index (κ3) is 4.42. The molecule has 0 bridgehead atoms. The van der Waals surface area contributed by atoms with Crippen LogP contribution in [0.15, 0.2) is 53.6 Å². The number of carbonyl (C=O) groups excluding carboxylic acids is 2. The molecule has 2 aromatic rings. The van der Waals surface area contributed by atoms with Crippen LogP contribution in [0.3, 0.4) is 0 Å². The first kappa shape index (κ1) is 18.2. The maximum Gasteiger partial charge on any atom is 0.275 e. The second-order valence-corrected chi connectivity index (χ2v) is 5.55. The summed E-state index contributed by atoms with van der Waals surface area (Å²) in [5.41, 5.74) is 3.98. The van der Waals surface area contributed by atoms with Crippen molar-refractivity contribution in [2.24, 2.45) is 5.10 Å². The van der Waals surface area contributed by atoms with Gasteiger partial charge in [-0.1, -0.05) is 24.3 Å². The summed E-state index contributed by atoms with van der Waals surface area (Å²) >= 11 is 0. The Labute approximate surface area is 146 Å². The van der Waals surface area contributed by atoms with Gasteiger partial charge in [-0.15, -0.1) is 0 Å². The Morgan fingerprint density at radius 1 is 1.04 bits per heavy atom. The smallest absolute Gasteiger partial charge is 0.275 e. The quantitative estimate of drug-likeness (QED) is 0.495. The molecule has 7 nitrogen and oxygen atoms in total. The average Bonchev–Trinajstić information content (AvgIpc) is 2.65. The second kappa shape index (κ2) is 8.07. The van der Waals surface area contributed by atoms with Crippen molar-refractivity contribution in [3.05, 3.63) is 65.2 Å². The van der Waals surface area contributed by atoms with Crippen LogP contribution in [0, 0.1) is 0 Å². The molecule has 0 saturated carbocycles. The van der Waals surface area contributed by atoms with Gasteiger partial charge in [0.25, 0.3) is 11.8 Å². The minimum atomic E-state index is -0.587. The van der Waals surface area contributed by atoms with Gasteiger partial charge in [0.2, 0.25) is 0 Å². The van der Waals surface area contributed by atoms with E-state index in [4.69, 9.17) is 5.21 Å². The van der Waals surface area contributed by atoms with Crippen LogP contribution >= 0.6 is 0 Å². The Morgan fingerprint density at radius 2 is 1.68 bits per heavy atom. The van der Waals surface area contributed by atoms with E-state index in [1.54, 1.807) is 42.9 Å².